The Labute approximate surface area is 85.8 Å². The van der Waals surface area contributed by atoms with Gasteiger partial charge in [0.25, 0.3) is 0 Å². The molecule has 0 aromatic heterocycles. The number of hydrogen-bond donors (Lipinski definition) is 1. The SMILES string of the molecule is CCC1NC(C)N(CC2(C)CC2)C1=O. The van der Waals surface area contributed by atoms with Crippen LogP contribution in [0.4, 0.5) is 0 Å². The summed E-state index contributed by atoms with van der Waals surface area (Å²) in [6, 6.07) is 0.0624. The molecular formula is C11H20N2O. The minimum Gasteiger partial charge on any atom is -0.326 e. The van der Waals surface area contributed by atoms with Crippen molar-refractivity contribution >= 4 is 5.91 Å². The first-order valence-corrected chi connectivity index (χ1v) is 5.62. The summed E-state index contributed by atoms with van der Waals surface area (Å²) in [6.07, 6.45) is 3.68. The molecule has 0 aromatic carbocycles. The molecule has 0 radical (unpaired) electrons. The van der Waals surface area contributed by atoms with Crippen molar-refractivity contribution in [2.75, 3.05) is 6.54 Å². The van der Waals surface area contributed by atoms with Crippen molar-refractivity contribution < 1.29 is 4.79 Å². The Morgan fingerprint density at radius 2 is 2.21 bits per heavy atom. The number of carbonyl (C=O) groups is 1. The monoisotopic (exact) mass is 196 g/mol. The molecule has 2 aliphatic rings. The van der Waals surface area contributed by atoms with Gasteiger partial charge in [0.2, 0.25) is 5.91 Å². The lowest BCUT2D eigenvalue weighted by atomic mass is 10.1. The molecule has 14 heavy (non-hydrogen) atoms. The first kappa shape index (κ1) is 9.97. The van der Waals surface area contributed by atoms with Crippen LogP contribution in [0, 0.1) is 5.41 Å². The van der Waals surface area contributed by atoms with E-state index >= 15 is 0 Å². The minimum atomic E-state index is 0.0624. The highest BCUT2D eigenvalue weighted by Gasteiger charge is 2.44. The molecule has 1 saturated carbocycles. The van der Waals surface area contributed by atoms with Crippen LogP contribution >= 0.6 is 0 Å². The lowest BCUT2D eigenvalue weighted by Gasteiger charge is -2.24. The van der Waals surface area contributed by atoms with Crippen molar-refractivity contribution in [1.82, 2.24) is 10.2 Å². The summed E-state index contributed by atoms with van der Waals surface area (Å²) in [7, 11) is 0. The maximum Gasteiger partial charge on any atom is 0.241 e. The molecule has 1 aliphatic carbocycles. The van der Waals surface area contributed by atoms with Gasteiger partial charge in [0.15, 0.2) is 0 Å². The maximum atomic E-state index is 11.9. The van der Waals surface area contributed by atoms with Gasteiger partial charge in [-0.25, -0.2) is 0 Å². The first-order chi connectivity index (χ1) is 6.56. The second-order valence-corrected chi connectivity index (χ2v) is 5.08. The number of amides is 1. The van der Waals surface area contributed by atoms with E-state index in [0.29, 0.717) is 11.3 Å². The Hall–Kier alpha value is -0.570. The van der Waals surface area contributed by atoms with Gasteiger partial charge >= 0.3 is 0 Å². The van der Waals surface area contributed by atoms with Gasteiger partial charge in [0, 0.05) is 6.54 Å². The Morgan fingerprint density at radius 3 is 2.64 bits per heavy atom. The second-order valence-electron chi connectivity index (χ2n) is 5.08. The molecule has 0 bridgehead atoms. The van der Waals surface area contributed by atoms with Gasteiger partial charge < -0.3 is 4.90 Å². The van der Waals surface area contributed by atoms with Crippen molar-refractivity contribution in [3.05, 3.63) is 0 Å². The van der Waals surface area contributed by atoms with Gasteiger partial charge in [-0.2, -0.15) is 0 Å². The van der Waals surface area contributed by atoms with Crippen LogP contribution in [0.3, 0.4) is 0 Å². The standard InChI is InChI=1S/C11H20N2O/c1-4-9-10(14)13(8(2)12-9)7-11(3)5-6-11/h8-9,12H,4-7H2,1-3H3. The third-order valence-corrected chi connectivity index (χ3v) is 3.55. The van der Waals surface area contributed by atoms with Gasteiger partial charge in [-0.3, -0.25) is 10.1 Å². The second kappa shape index (κ2) is 3.23. The highest BCUT2D eigenvalue weighted by Crippen LogP contribution is 2.46. The molecule has 0 spiro atoms. The quantitative estimate of drug-likeness (QED) is 0.739. The van der Waals surface area contributed by atoms with Crippen LogP contribution in [0.25, 0.3) is 0 Å². The van der Waals surface area contributed by atoms with Gasteiger partial charge in [-0.15, -0.1) is 0 Å². The van der Waals surface area contributed by atoms with E-state index in [1.807, 2.05) is 4.90 Å². The lowest BCUT2D eigenvalue weighted by molar-refractivity contribution is -0.130. The molecule has 2 fully saturated rings. The number of nitrogens with zero attached hydrogens (tertiary/aromatic N) is 1. The normalized spacial score (nSPS) is 35.1. The van der Waals surface area contributed by atoms with Crippen LogP contribution in [-0.4, -0.2) is 29.6 Å². The molecule has 80 valence electrons. The summed E-state index contributed by atoms with van der Waals surface area (Å²) in [5.41, 5.74) is 0.425. The summed E-state index contributed by atoms with van der Waals surface area (Å²) in [4.78, 5) is 13.9. The van der Waals surface area contributed by atoms with Gasteiger partial charge in [-0.1, -0.05) is 13.8 Å². The fourth-order valence-electron chi connectivity index (χ4n) is 2.13. The zero-order valence-corrected chi connectivity index (χ0v) is 9.34. The van der Waals surface area contributed by atoms with E-state index in [9.17, 15) is 4.79 Å². The Kier molecular flexibility index (Phi) is 2.30. The average Bonchev–Trinajstić information content (AvgIpc) is 2.82. The molecule has 3 nitrogen and oxygen atoms in total. The zero-order chi connectivity index (χ0) is 10.3. The van der Waals surface area contributed by atoms with E-state index in [0.717, 1.165) is 13.0 Å². The smallest absolute Gasteiger partial charge is 0.241 e. The van der Waals surface area contributed by atoms with E-state index in [-0.39, 0.29) is 12.2 Å². The van der Waals surface area contributed by atoms with Crippen molar-refractivity contribution in [2.45, 2.75) is 52.2 Å². The number of rotatable bonds is 3. The number of nitrogens with one attached hydrogen (secondary N) is 1. The summed E-state index contributed by atoms with van der Waals surface area (Å²) in [6.45, 7) is 7.35. The van der Waals surface area contributed by atoms with Gasteiger partial charge in [0.05, 0.1) is 12.2 Å². The van der Waals surface area contributed by atoms with Crippen molar-refractivity contribution in [2.24, 2.45) is 5.41 Å². The van der Waals surface area contributed by atoms with E-state index < -0.39 is 0 Å². The zero-order valence-electron chi connectivity index (χ0n) is 9.34. The molecule has 3 heteroatoms. The van der Waals surface area contributed by atoms with Crippen LogP contribution in [0.2, 0.25) is 0 Å². The summed E-state index contributed by atoms with van der Waals surface area (Å²) < 4.78 is 0. The highest BCUT2D eigenvalue weighted by atomic mass is 16.2. The van der Waals surface area contributed by atoms with Gasteiger partial charge in [0.1, 0.15) is 0 Å². The Morgan fingerprint density at radius 1 is 1.57 bits per heavy atom. The first-order valence-electron chi connectivity index (χ1n) is 5.62. The fraction of sp³-hybridized carbons (Fsp3) is 0.909. The molecule has 1 aliphatic heterocycles. The van der Waals surface area contributed by atoms with E-state index in [2.05, 4.69) is 26.1 Å². The van der Waals surface area contributed by atoms with Crippen molar-refractivity contribution in [3.8, 4) is 0 Å². The van der Waals surface area contributed by atoms with Crippen LogP contribution < -0.4 is 5.32 Å². The molecule has 2 rings (SSSR count). The van der Waals surface area contributed by atoms with Crippen LogP contribution in [0.5, 0.6) is 0 Å². The fourth-order valence-corrected chi connectivity index (χ4v) is 2.13. The molecule has 1 heterocycles. The summed E-state index contributed by atoms with van der Waals surface area (Å²) in [5.74, 6) is 0.299. The minimum absolute atomic E-state index is 0.0624. The Balaban J connectivity index is 2.00. The highest BCUT2D eigenvalue weighted by molar-refractivity contribution is 5.84. The average molecular weight is 196 g/mol. The maximum absolute atomic E-state index is 11.9. The third-order valence-electron chi connectivity index (χ3n) is 3.55. The van der Waals surface area contributed by atoms with Crippen molar-refractivity contribution in [3.63, 3.8) is 0 Å². The molecule has 0 aromatic rings. The summed E-state index contributed by atoms with van der Waals surface area (Å²) in [5, 5.41) is 3.33. The molecule has 2 unspecified atom stereocenters. The number of carbonyl (C=O) groups excluding carboxylic acids is 1. The van der Waals surface area contributed by atoms with Crippen molar-refractivity contribution in [1.29, 1.82) is 0 Å². The van der Waals surface area contributed by atoms with Gasteiger partial charge in [-0.05, 0) is 31.6 Å². The van der Waals surface area contributed by atoms with E-state index in [1.54, 1.807) is 0 Å². The van der Waals surface area contributed by atoms with E-state index in [1.165, 1.54) is 12.8 Å². The van der Waals surface area contributed by atoms with Crippen LogP contribution in [0.15, 0.2) is 0 Å². The molecule has 1 N–H and O–H groups in total. The Bertz CT molecular complexity index is 248. The number of hydrogen-bond acceptors (Lipinski definition) is 2. The lowest BCUT2D eigenvalue weighted by Crippen LogP contribution is -2.38. The predicted molar refractivity (Wildman–Crippen MR) is 55.7 cm³/mol. The largest absolute Gasteiger partial charge is 0.326 e. The molecule has 2 atom stereocenters. The summed E-state index contributed by atoms with van der Waals surface area (Å²) >= 11 is 0. The topological polar surface area (TPSA) is 32.3 Å². The van der Waals surface area contributed by atoms with Crippen LogP contribution in [0.1, 0.15) is 40.0 Å². The van der Waals surface area contributed by atoms with Crippen LogP contribution in [-0.2, 0) is 4.79 Å². The predicted octanol–water partition coefficient (Wildman–Crippen LogP) is 1.34. The molecule has 1 saturated heterocycles. The van der Waals surface area contributed by atoms with E-state index in [4.69, 9.17) is 0 Å². The molecule has 1 amide bonds. The third kappa shape index (κ3) is 1.65. The molecular weight excluding hydrogens is 176 g/mol.